The largest absolute Gasteiger partial charge is 0.466 e. The first-order valence-corrected chi connectivity index (χ1v) is 9.93. The molecule has 3 aliphatic rings. The minimum Gasteiger partial charge on any atom is -0.466 e. The molecule has 1 spiro atoms. The van der Waals surface area contributed by atoms with Gasteiger partial charge in [0.05, 0.1) is 11.8 Å². The highest BCUT2D eigenvalue weighted by molar-refractivity contribution is 6.30. The summed E-state index contributed by atoms with van der Waals surface area (Å²) in [4.78, 5) is 0. The maximum absolute atomic E-state index is 6.62. The van der Waals surface area contributed by atoms with Crippen molar-refractivity contribution in [3.8, 4) is 5.75 Å². The lowest BCUT2D eigenvalue weighted by Gasteiger charge is -2.50. The predicted octanol–water partition coefficient (Wildman–Crippen LogP) is 5.79. The maximum atomic E-state index is 6.62. The van der Waals surface area contributed by atoms with Gasteiger partial charge in [-0.15, -0.1) is 0 Å². The Balaban J connectivity index is 1.57. The van der Waals surface area contributed by atoms with Crippen molar-refractivity contribution in [1.29, 1.82) is 0 Å². The molecule has 0 N–H and O–H groups in total. The Morgan fingerprint density at radius 2 is 1.81 bits per heavy atom. The summed E-state index contributed by atoms with van der Waals surface area (Å²) in [5.41, 5.74) is 3.25. The van der Waals surface area contributed by atoms with Crippen LogP contribution in [0.15, 0.2) is 53.6 Å². The molecular weight excluding hydrogens is 344 g/mol. The van der Waals surface area contributed by atoms with Crippen molar-refractivity contribution in [2.45, 2.75) is 50.8 Å². The van der Waals surface area contributed by atoms with Gasteiger partial charge in [0.25, 0.3) is 0 Å². The SMILES string of the molecule is CC1CCC2(CC1)Oc1ccccc1[C@H]1CC(c3ccc(Cl)cc3)=NN12. The molecule has 0 saturated heterocycles. The molecule has 0 amide bonds. The summed E-state index contributed by atoms with van der Waals surface area (Å²) in [6.07, 6.45) is 5.38. The maximum Gasteiger partial charge on any atom is 0.198 e. The summed E-state index contributed by atoms with van der Waals surface area (Å²) in [6, 6.07) is 16.8. The van der Waals surface area contributed by atoms with Crippen LogP contribution in [0.1, 0.15) is 56.2 Å². The Morgan fingerprint density at radius 3 is 2.58 bits per heavy atom. The smallest absolute Gasteiger partial charge is 0.198 e. The van der Waals surface area contributed by atoms with Crippen LogP contribution in [0.5, 0.6) is 5.75 Å². The van der Waals surface area contributed by atoms with Gasteiger partial charge in [-0.05, 0) is 42.5 Å². The highest BCUT2D eigenvalue weighted by atomic mass is 35.5. The first-order valence-electron chi connectivity index (χ1n) is 9.55. The molecule has 1 saturated carbocycles. The third-order valence-electron chi connectivity index (χ3n) is 6.14. The molecular formula is C22H23ClN2O. The van der Waals surface area contributed by atoms with Crippen LogP contribution in [-0.4, -0.2) is 16.4 Å². The van der Waals surface area contributed by atoms with E-state index in [-0.39, 0.29) is 11.8 Å². The number of benzene rings is 2. The lowest BCUT2D eigenvalue weighted by molar-refractivity contribution is -0.145. The van der Waals surface area contributed by atoms with Gasteiger partial charge in [-0.25, -0.2) is 5.01 Å². The Hall–Kier alpha value is -2.00. The fourth-order valence-electron chi connectivity index (χ4n) is 4.59. The van der Waals surface area contributed by atoms with Gasteiger partial charge in [-0.2, -0.15) is 5.10 Å². The molecule has 4 heteroatoms. The van der Waals surface area contributed by atoms with Crippen molar-refractivity contribution in [3.05, 3.63) is 64.7 Å². The zero-order valence-corrected chi connectivity index (χ0v) is 15.7. The third kappa shape index (κ3) is 2.52. The van der Waals surface area contributed by atoms with E-state index in [0.29, 0.717) is 0 Å². The van der Waals surface area contributed by atoms with Crippen molar-refractivity contribution in [1.82, 2.24) is 5.01 Å². The first-order chi connectivity index (χ1) is 12.6. The molecule has 3 nitrogen and oxygen atoms in total. The molecule has 2 aromatic carbocycles. The van der Waals surface area contributed by atoms with Gasteiger partial charge in [-0.3, -0.25) is 0 Å². The zero-order chi connectivity index (χ0) is 17.7. The molecule has 26 heavy (non-hydrogen) atoms. The summed E-state index contributed by atoms with van der Waals surface area (Å²) >= 11 is 6.07. The lowest BCUT2D eigenvalue weighted by Crippen LogP contribution is -2.55. The van der Waals surface area contributed by atoms with E-state index in [1.807, 2.05) is 12.1 Å². The third-order valence-corrected chi connectivity index (χ3v) is 6.39. The summed E-state index contributed by atoms with van der Waals surface area (Å²) in [7, 11) is 0. The summed E-state index contributed by atoms with van der Waals surface area (Å²) < 4.78 is 6.62. The van der Waals surface area contributed by atoms with Crippen LogP contribution in [0.4, 0.5) is 0 Å². The standard InChI is InChI=1S/C22H23ClN2O/c1-15-10-12-22(13-11-15)25-20(18-4-2-3-5-21(18)26-22)14-19(24-25)16-6-8-17(23)9-7-16/h2-9,15,20H,10-14H2,1H3/t15?,20-,22?/m1/s1. The molecule has 2 heterocycles. The van der Waals surface area contributed by atoms with Gasteiger partial charge in [0.2, 0.25) is 0 Å². The van der Waals surface area contributed by atoms with Gasteiger partial charge in [0, 0.05) is 29.8 Å². The molecule has 0 radical (unpaired) electrons. The number of para-hydroxylation sites is 1. The zero-order valence-electron chi connectivity index (χ0n) is 15.0. The second kappa shape index (κ2) is 6.02. The summed E-state index contributed by atoms with van der Waals surface area (Å²) in [5, 5.41) is 8.14. The minimum absolute atomic E-state index is 0.263. The molecule has 5 rings (SSSR count). The van der Waals surface area contributed by atoms with Crippen molar-refractivity contribution < 1.29 is 4.74 Å². The molecule has 1 fully saturated rings. The topological polar surface area (TPSA) is 24.8 Å². The number of fused-ring (bicyclic) bond motifs is 4. The van der Waals surface area contributed by atoms with Gasteiger partial charge in [0.15, 0.2) is 5.72 Å². The number of hydrogen-bond acceptors (Lipinski definition) is 3. The molecule has 0 unspecified atom stereocenters. The number of halogens is 1. The monoisotopic (exact) mass is 366 g/mol. The van der Waals surface area contributed by atoms with E-state index in [1.54, 1.807) is 0 Å². The van der Waals surface area contributed by atoms with Crippen LogP contribution >= 0.6 is 11.6 Å². The highest BCUT2D eigenvalue weighted by Gasteiger charge is 2.51. The van der Waals surface area contributed by atoms with Crippen LogP contribution in [0, 0.1) is 5.92 Å². The number of hydrazone groups is 1. The van der Waals surface area contributed by atoms with Crippen molar-refractivity contribution in [3.63, 3.8) is 0 Å². The van der Waals surface area contributed by atoms with E-state index < -0.39 is 0 Å². The first kappa shape index (κ1) is 16.2. The predicted molar refractivity (Wildman–Crippen MR) is 105 cm³/mol. The average Bonchev–Trinajstić information content (AvgIpc) is 3.12. The quantitative estimate of drug-likeness (QED) is 0.638. The summed E-state index contributed by atoms with van der Waals surface area (Å²) in [5.74, 6) is 1.80. The molecule has 0 bridgehead atoms. The number of ether oxygens (including phenoxy) is 1. The molecule has 2 aliphatic heterocycles. The van der Waals surface area contributed by atoms with Gasteiger partial charge >= 0.3 is 0 Å². The van der Waals surface area contributed by atoms with E-state index in [1.165, 1.54) is 18.4 Å². The van der Waals surface area contributed by atoms with Crippen LogP contribution < -0.4 is 4.74 Å². The second-order valence-electron chi connectivity index (χ2n) is 7.89. The van der Waals surface area contributed by atoms with Crippen molar-refractivity contribution >= 4 is 17.3 Å². The minimum atomic E-state index is -0.292. The normalized spacial score (nSPS) is 29.8. The summed E-state index contributed by atoms with van der Waals surface area (Å²) in [6.45, 7) is 2.34. The number of rotatable bonds is 1. The Bertz CT molecular complexity index is 853. The fourth-order valence-corrected chi connectivity index (χ4v) is 4.72. The van der Waals surface area contributed by atoms with Crippen LogP contribution in [-0.2, 0) is 0 Å². The van der Waals surface area contributed by atoms with Gasteiger partial charge < -0.3 is 4.74 Å². The van der Waals surface area contributed by atoms with E-state index in [0.717, 1.165) is 47.2 Å². The van der Waals surface area contributed by atoms with Crippen LogP contribution in [0.25, 0.3) is 0 Å². The van der Waals surface area contributed by atoms with E-state index in [2.05, 4.69) is 48.3 Å². The van der Waals surface area contributed by atoms with Crippen molar-refractivity contribution in [2.75, 3.05) is 0 Å². The Kier molecular flexibility index (Phi) is 3.75. The molecule has 1 aliphatic carbocycles. The fraction of sp³-hybridized carbons (Fsp3) is 0.409. The number of hydrogen-bond donors (Lipinski definition) is 0. The highest BCUT2D eigenvalue weighted by Crippen LogP contribution is 2.51. The second-order valence-corrected chi connectivity index (χ2v) is 8.32. The van der Waals surface area contributed by atoms with E-state index in [9.17, 15) is 0 Å². The molecule has 0 aromatic heterocycles. The number of nitrogens with zero attached hydrogens (tertiary/aromatic N) is 2. The average molecular weight is 367 g/mol. The van der Waals surface area contributed by atoms with Crippen LogP contribution in [0.3, 0.4) is 0 Å². The molecule has 2 aromatic rings. The van der Waals surface area contributed by atoms with Crippen molar-refractivity contribution in [2.24, 2.45) is 11.0 Å². The van der Waals surface area contributed by atoms with E-state index in [4.69, 9.17) is 21.4 Å². The molecule has 134 valence electrons. The Morgan fingerprint density at radius 1 is 1.08 bits per heavy atom. The molecule has 1 atom stereocenters. The van der Waals surface area contributed by atoms with Crippen LogP contribution in [0.2, 0.25) is 5.02 Å². The lowest BCUT2D eigenvalue weighted by atomic mass is 9.82. The van der Waals surface area contributed by atoms with E-state index >= 15 is 0 Å². The van der Waals surface area contributed by atoms with Gasteiger partial charge in [-0.1, -0.05) is 48.9 Å². The van der Waals surface area contributed by atoms with Gasteiger partial charge in [0.1, 0.15) is 5.75 Å². The Labute approximate surface area is 159 Å².